The lowest BCUT2D eigenvalue weighted by Crippen LogP contribution is -2.36. The van der Waals surface area contributed by atoms with Crippen molar-refractivity contribution in [2.45, 2.75) is 24.0 Å². The Morgan fingerprint density at radius 2 is 2.07 bits per heavy atom. The highest BCUT2D eigenvalue weighted by Gasteiger charge is 2.37. The van der Waals surface area contributed by atoms with Crippen molar-refractivity contribution in [3.05, 3.63) is 54.1 Å². The molecule has 2 saturated heterocycles. The number of aromatic nitrogens is 3. The number of hydrogen-bond acceptors (Lipinski definition) is 8. The Bertz CT molecular complexity index is 1020. The minimum atomic E-state index is -0.789. The molecule has 0 unspecified atom stereocenters. The van der Waals surface area contributed by atoms with Gasteiger partial charge in [0, 0.05) is 43.5 Å². The fourth-order valence-electron chi connectivity index (χ4n) is 4.01. The quantitative estimate of drug-likeness (QED) is 0.566. The first-order chi connectivity index (χ1) is 14.7. The van der Waals surface area contributed by atoms with Gasteiger partial charge in [-0.05, 0) is 17.7 Å². The van der Waals surface area contributed by atoms with E-state index < -0.39 is 12.2 Å². The highest BCUT2D eigenvalue weighted by Crippen LogP contribution is 2.40. The van der Waals surface area contributed by atoms with Gasteiger partial charge in [0.05, 0.1) is 42.6 Å². The minimum Gasteiger partial charge on any atom is -0.390 e. The van der Waals surface area contributed by atoms with Gasteiger partial charge in [-0.1, -0.05) is 12.1 Å². The Hall–Kier alpha value is -2.33. The summed E-state index contributed by atoms with van der Waals surface area (Å²) < 4.78 is 7.39. The zero-order valence-electron chi connectivity index (χ0n) is 16.5. The lowest BCUT2D eigenvalue weighted by atomic mass is 10.1. The first-order valence-corrected chi connectivity index (χ1v) is 11.2. The van der Waals surface area contributed by atoms with E-state index in [-0.39, 0.29) is 5.25 Å². The summed E-state index contributed by atoms with van der Waals surface area (Å²) in [5, 5.41) is 23.4. The molecular formula is C21H25N5O3S. The second-order valence-corrected chi connectivity index (χ2v) is 8.76. The number of morpholine rings is 1. The molecule has 0 amide bonds. The molecule has 0 radical (unpaired) electrons. The van der Waals surface area contributed by atoms with Crippen molar-refractivity contribution < 1.29 is 14.9 Å². The predicted octanol–water partition coefficient (Wildman–Crippen LogP) is 1.69. The van der Waals surface area contributed by atoms with Gasteiger partial charge in [0.15, 0.2) is 11.5 Å². The van der Waals surface area contributed by atoms with Crippen LogP contribution >= 0.6 is 11.8 Å². The van der Waals surface area contributed by atoms with Crippen LogP contribution in [0.25, 0.3) is 5.65 Å². The zero-order valence-corrected chi connectivity index (χ0v) is 17.3. The number of ether oxygens (including phenoxy) is 1. The van der Waals surface area contributed by atoms with E-state index in [2.05, 4.69) is 44.5 Å². The van der Waals surface area contributed by atoms with Crippen LogP contribution in [-0.2, 0) is 11.3 Å². The molecule has 3 N–H and O–H groups in total. The van der Waals surface area contributed by atoms with E-state index >= 15 is 0 Å². The van der Waals surface area contributed by atoms with Crippen molar-refractivity contribution in [3.8, 4) is 0 Å². The third kappa shape index (κ3) is 3.74. The summed E-state index contributed by atoms with van der Waals surface area (Å²) in [7, 11) is 0. The number of rotatable bonds is 5. The fourth-order valence-corrected chi connectivity index (χ4v) is 5.33. The van der Waals surface area contributed by atoms with E-state index in [1.54, 1.807) is 24.2 Å². The first kappa shape index (κ1) is 19.6. The summed E-state index contributed by atoms with van der Waals surface area (Å²) in [6.45, 7) is 3.98. The molecule has 8 nitrogen and oxygen atoms in total. The molecule has 0 aliphatic carbocycles. The van der Waals surface area contributed by atoms with Crippen LogP contribution in [0, 0.1) is 0 Å². The van der Waals surface area contributed by atoms with Gasteiger partial charge in [0.1, 0.15) is 0 Å². The molecule has 1 aromatic carbocycles. The first-order valence-electron chi connectivity index (χ1n) is 10.2. The van der Waals surface area contributed by atoms with E-state index in [1.165, 1.54) is 11.3 Å². The number of thioether (sulfide) groups is 1. The van der Waals surface area contributed by atoms with Crippen LogP contribution in [-0.4, -0.2) is 68.8 Å². The molecule has 3 atom stereocenters. The standard InChI is InChI=1S/C21H25N5O3S/c27-17-13-30-19(18(17)28)16-12-24-21-20(22-4-5-26(16)21)23-11-14-2-1-3-15(10-14)25-6-8-29-9-7-25/h1-5,10,12,17-19,27-28H,6-9,11,13H2,(H,22,23)/t17-,18-,19+/m1/s1. The highest BCUT2D eigenvalue weighted by molar-refractivity contribution is 7.99. The molecular weight excluding hydrogens is 402 g/mol. The predicted molar refractivity (Wildman–Crippen MR) is 117 cm³/mol. The Morgan fingerprint density at radius 3 is 2.87 bits per heavy atom. The largest absolute Gasteiger partial charge is 0.390 e. The van der Waals surface area contributed by atoms with Gasteiger partial charge in [0.25, 0.3) is 0 Å². The molecule has 2 aromatic heterocycles. The van der Waals surface area contributed by atoms with E-state index in [0.29, 0.717) is 23.8 Å². The topological polar surface area (TPSA) is 95.1 Å². The average Bonchev–Trinajstić information content (AvgIpc) is 3.36. The van der Waals surface area contributed by atoms with E-state index in [0.717, 1.165) is 32.0 Å². The number of fused-ring (bicyclic) bond motifs is 1. The van der Waals surface area contributed by atoms with Crippen molar-refractivity contribution in [3.63, 3.8) is 0 Å². The van der Waals surface area contributed by atoms with Gasteiger partial charge in [-0.15, -0.1) is 11.8 Å². The molecule has 4 heterocycles. The van der Waals surface area contributed by atoms with E-state index in [4.69, 9.17) is 4.74 Å². The number of nitrogens with one attached hydrogen (secondary N) is 1. The average molecular weight is 428 g/mol. The van der Waals surface area contributed by atoms with Crippen molar-refractivity contribution in [2.24, 2.45) is 0 Å². The summed E-state index contributed by atoms with van der Waals surface area (Å²) >= 11 is 1.55. The summed E-state index contributed by atoms with van der Waals surface area (Å²) in [4.78, 5) is 11.3. The van der Waals surface area contributed by atoms with Crippen LogP contribution in [0.5, 0.6) is 0 Å². The number of aliphatic hydroxyl groups is 2. The number of hydrogen-bond donors (Lipinski definition) is 3. The SMILES string of the molecule is O[C@@H]1[C@H](O)CS[C@H]1c1cnc2c(NCc3cccc(N4CCOCC4)c3)nccn12. The number of aliphatic hydroxyl groups excluding tert-OH is 2. The smallest absolute Gasteiger partial charge is 0.180 e. The number of benzene rings is 1. The third-order valence-corrected chi connectivity index (χ3v) is 7.06. The van der Waals surface area contributed by atoms with Gasteiger partial charge in [-0.2, -0.15) is 0 Å². The molecule has 30 heavy (non-hydrogen) atoms. The van der Waals surface area contributed by atoms with Crippen molar-refractivity contribution >= 4 is 28.9 Å². The Morgan fingerprint density at radius 1 is 1.20 bits per heavy atom. The Balaban J connectivity index is 1.34. The van der Waals surface area contributed by atoms with Crippen molar-refractivity contribution in [1.29, 1.82) is 0 Å². The summed E-state index contributed by atoms with van der Waals surface area (Å²) in [6, 6.07) is 8.50. The molecule has 3 aromatic rings. The van der Waals surface area contributed by atoms with Crippen LogP contribution in [0.1, 0.15) is 16.5 Å². The molecule has 9 heteroatoms. The lowest BCUT2D eigenvalue weighted by Gasteiger charge is -2.29. The molecule has 2 fully saturated rings. The second kappa shape index (κ2) is 8.43. The van der Waals surface area contributed by atoms with Gasteiger partial charge in [-0.3, -0.25) is 4.40 Å². The van der Waals surface area contributed by atoms with Gasteiger partial charge in [0.2, 0.25) is 0 Å². The lowest BCUT2D eigenvalue weighted by molar-refractivity contribution is 0.0411. The van der Waals surface area contributed by atoms with Crippen molar-refractivity contribution in [1.82, 2.24) is 14.4 Å². The monoisotopic (exact) mass is 427 g/mol. The number of anilines is 2. The summed E-state index contributed by atoms with van der Waals surface area (Å²) in [6.07, 6.45) is 3.85. The van der Waals surface area contributed by atoms with Crippen molar-refractivity contribution in [2.75, 3.05) is 42.3 Å². The maximum atomic E-state index is 10.3. The normalized spacial score (nSPS) is 24.5. The Kier molecular flexibility index (Phi) is 5.51. The molecule has 2 aliphatic heterocycles. The van der Waals surface area contributed by atoms with Crippen LogP contribution in [0.15, 0.2) is 42.9 Å². The molecule has 158 valence electrons. The Labute approximate surface area is 178 Å². The number of imidazole rings is 1. The maximum Gasteiger partial charge on any atom is 0.180 e. The zero-order chi connectivity index (χ0) is 20.5. The molecule has 0 bridgehead atoms. The van der Waals surface area contributed by atoms with Crippen LogP contribution in [0.2, 0.25) is 0 Å². The molecule has 0 spiro atoms. The molecule has 0 saturated carbocycles. The highest BCUT2D eigenvalue weighted by atomic mass is 32.2. The summed E-state index contributed by atoms with van der Waals surface area (Å²) in [5.41, 5.74) is 3.96. The van der Waals surface area contributed by atoms with E-state index in [1.807, 2.05) is 10.6 Å². The third-order valence-electron chi connectivity index (χ3n) is 5.65. The second-order valence-electron chi connectivity index (χ2n) is 7.59. The van der Waals surface area contributed by atoms with Crippen LogP contribution in [0.4, 0.5) is 11.5 Å². The van der Waals surface area contributed by atoms with Crippen LogP contribution in [0.3, 0.4) is 0 Å². The van der Waals surface area contributed by atoms with Gasteiger partial charge in [-0.25, -0.2) is 9.97 Å². The maximum absolute atomic E-state index is 10.3. The molecule has 2 aliphatic rings. The molecule has 5 rings (SSSR count). The fraction of sp³-hybridized carbons (Fsp3) is 0.429. The summed E-state index contributed by atoms with van der Waals surface area (Å²) in [5.74, 6) is 1.22. The van der Waals surface area contributed by atoms with Gasteiger partial charge >= 0.3 is 0 Å². The number of nitrogens with zero attached hydrogens (tertiary/aromatic N) is 4. The van der Waals surface area contributed by atoms with Gasteiger partial charge < -0.3 is 25.2 Å². The minimum absolute atomic E-state index is 0.199. The van der Waals surface area contributed by atoms with E-state index in [9.17, 15) is 10.2 Å². The van der Waals surface area contributed by atoms with Crippen LogP contribution < -0.4 is 10.2 Å².